The molecule has 3 nitrogen and oxygen atoms in total. The van der Waals surface area contributed by atoms with Gasteiger partial charge in [-0.15, -0.1) is 0 Å². The van der Waals surface area contributed by atoms with Crippen LogP contribution in [0.3, 0.4) is 0 Å². The Morgan fingerprint density at radius 3 is 2.20 bits per heavy atom. The first kappa shape index (κ1) is 17.3. The van der Waals surface area contributed by atoms with Gasteiger partial charge in [0.05, 0.1) is 0 Å². The Morgan fingerprint density at radius 1 is 0.760 bits per heavy atom. The molecule has 0 atom stereocenters. The zero-order valence-electron chi connectivity index (χ0n) is 13.8. The highest BCUT2D eigenvalue weighted by atomic mass is 35.5. The van der Waals surface area contributed by atoms with E-state index in [0.29, 0.717) is 36.3 Å². The lowest BCUT2D eigenvalue weighted by Gasteiger charge is -2.14. The second kappa shape index (κ2) is 8.56. The van der Waals surface area contributed by atoms with Gasteiger partial charge in [-0.1, -0.05) is 60.1 Å². The summed E-state index contributed by atoms with van der Waals surface area (Å²) in [4.78, 5) is 0. The molecule has 0 spiro atoms. The van der Waals surface area contributed by atoms with Crippen LogP contribution in [-0.4, -0.2) is 13.2 Å². The first-order valence-electron chi connectivity index (χ1n) is 8.16. The normalized spacial score (nSPS) is 10.5. The average molecular weight is 354 g/mol. The minimum absolute atomic E-state index is 0.446. The van der Waals surface area contributed by atoms with Gasteiger partial charge in [0.15, 0.2) is 11.5 Å². The van der Waals surface area contributed by atoms with Gasteiger partial charge in [0.2, 0.25) is 0 Å². The summed E-state index contributed by atoms with van der Waals surface area (Å²) in [6, 6.07) is 23.7. The molecule has 0 heterocycles. The van der Waals surface area contributed by atoms with Crippen molar-refractivity contribution >= 4 is 11.6 Å². The van der Waals surface area contributed by atoms with Gasteiger partial charge < -0.3 is 15.2 Å². The third-order valence-electron chi connectivity index (χ3n) is 3.73. The molecule has 0 aliphatic heterocycles. The van der Waals surface area contributed by atoms with Crippen molar-refractivity contribution in [2.45, 2.75) is 6.61 Å². The molecule has 0 aliphatic rings. The van der Waals surface area contributed by atoms with Gasteiger partial charge in [-0.25, -0.2) is 0 Å². The SMILES string of the molecule is NCCOc1ccc(-c2ccc(Cl)cc2)cc1OCc1ccccc1. The highest BCUT2D eigenvalue weighted by Crippen LogP contribution is 2.33. The maximum absolute atomic E-state index is 6.01. The Bertz CT molecular complexity index is 804. The van der Waals surface area contributed by atoms with Crippen molar-refractivity contribution < 1.29 is 9.47 Å². The molecule has 0 saturated carbocycles. The maximum atomic E-state index is 6.01. The van der Waals surface area contributed by atoms with Crippen molar-refractivity contribution in [3.05, 3.63) is 83.4 Å². The summed E-state index contributed by atoms with van der Waals surface area (Å²) >= 11 is 5.97. The Kier molecular flexibility index (Phi) is 5.94. The molecule has 0 aromatic heterocycles. The van der Waals surface area contributed by atoms with Crippen LogP contribution in [-0.2, 0) is 6.61 Å². The lowest BCUT2D eigenvalue weighted by Crippen LogP contribution is -2.11. The van der Waals surface area contributed by atoms with E-state index < -0.39 is 0 Å². The van der Waals surface area contributed by atoms with E-state index in [4.69, 9.17) is 26.8 Å². The molecule has 0 unspecified atom stereocenters. The van der Waals surface area contributed by atoms with E-state index in [1.54, 1.807) is 0 Å². The first-order valence-corrected chi connectivity index (χ1v) is 8.53. The predicted octanol–water partition coefficient (Wildman–Crippen LogP) is 4.92. The highest BCUT2D eigenvalue weighted by Gasteiger charge is 2.09. The Morgan fingerprint density at radius 2 is 1.48 bits per heavy atom. The summed E-state index contributed by atoms with van der Waals surface area (Å²) in [6.45, 7) is 1.38. The summed E-state index contributed by atoms with van der Waals surface area (Å²) < 4.78 is 11.7. The quantitative estimate of drug-likeness (QED) is 0.655. The molecule has 128 valence electrons. The zero-order valence-corrected chi connectivity index (χ0v) is 14.6. The van der Waals surface area contributed by atoms with E-state index >= 15 is 0 Å². The fraction of sp³-hybridized carbons (Fsp3) is 0.143. The zero-order chi connectivity index (χ0) is 17.5. The third kappa shape index (κ3) is 4.75. The molecular formula is C21H20ClNO2. The van der Waals surface area contributed by atoms with Crippen molar-refractivity contribution in [1.29, 1.82) is 0 Å². The maximum Gasteiger partial charge on any atom is 0.162 e. The van der Waals surface area contributed by atoms with Crippen molar-refractivity contribution in [1.82, 2.24) is 0 Å². The van der Waals surface area contributed by atoms with Gasteiger partial charge in [0.1, 0.15) is 13.2 Å². The molecule has 0 saturated heterocycles. The van der Waals surface area contributed by atoms with Crippen LogP contribution in [0.2, 0.25) is 5.02 Å². The summed E-state index contributed by atoms with van der Waals surface area (Å²) in [6.07, 6.45) is 0. The van der Waals surface area contributed by atoms with E-state index in [1.165, 1.54) is 0 Å². The summed E-state index contributed by atoms with van der Waals surface area (Å²) in [5, 5.41) is 0.715. The molecule has 0 bridgehead atoms. The largest absolute Gasteiger partial charge is 0.488 e. The van der Waals surface area contributed by atoms with Crippen LogP contribution in [0, 0.1) is 0 Å². The Balaban J connectivity index is 1.85. The van der Waals surface area contributed by atoms with Crippen molar-refractivity contribution in [3.63, 3.8) is 0 Å². The van der Waals surface area contributed by atoms with Crippen molar-refractivity contribution in [2.24, 2.45) is 5.73 Å². The van der Waals surface area contributed by atoms with Crippen LogP contribution < -0.4 is 15.2 Å². The average Bonchev–Trinajstić information content (AvgIpc) is 2.66. The molecule has 3 rings (SSSR count). The van der Waals surface area contributed by atoms with E-state index in [0.717, 1.165) is 16.7 Å². The van der Waals surface area contributed by atoms with Gasteiger partial charge in [-0.3, -0.25) is 0 Å². The highest BCUT2D eigenvalue weighted by molar-refractivity contribution is 6.30. The van der Waals surface area contributed by atoms with Gasteiger partial charge in [-0.05, 0) is 41.0 Å². The number of ether oxygens (including phenoxy) is 2. The van der Waals surface area contributed by atoms with Gasteiger partial charge in [0.25, 0.3) is 0 Å². The van der Waals surface area contributed by atoms with Crippen LogP contribution >= 0.6 is 11.6 Å². The summed E-state index contributed by atoms with van der Waals surface area (Å²) in [5.74, 6) is 1.39. The van der Waals surface area contributed by atoms with E-state index in [9.17, 15) is 0 Å². The topological polar surface area (TPSA) is 44.5 Å². The number of benzene rings is 3. The molecule has 3 aromatic rings. The molecule has 0 radical (unpaired) electrons. The first-order chi connectivity index (χ1) is 12.3. The number of nitrogens with two attached hydrogens (primary N) is 1. The van der Waals surface area contributed by atoms with Crippen LogP contribution in [0.5, 0.6) is 11.5 Å². The standard InChI is InChI=1S/C21H20ClNO2/c22-19-9-6-17(7-10-19)18-8-11-20(24-13-12-23)21(14-18)25-15-16-4-2-1-3-5-16/h1-11,14H,12-13,15,23H2. The molecule has 0 amide bonds. The van der Waals surface area contributed by atoms with Crippen molar-refractivity contribution in [3.8, 4) is 22.6 Å². The van der Waals surface area contributed by atoms with Gasteiger partial charge in [0, 0.05) is 11.6 Å². The molecule has 0 aliphatic carbocycles. The summed E-state index contributed by atoms with van der Waals surface area (Å²) in [5.41, 5.74) is 8.76. The second-order valence-electron chi connectivity index (χ2n) is 5.58. The number of rotatable bonds is 7. The van der Waals surface area contributed by atoms with Crippen LogP contribution in [0.15, 0.2) is 72.8 Å². The van der Waals surface area contributed by atoms with E-state index in [-0.39, 0.29) is 0 Å². The van der Waals surface area contributed by atoms with Crippen LogP contribution in [0.25, 0.3) is 11.1 Å². The van der Waals surface area contributed by atoms with E-state index in [1.807, 2.05) is 72.8 Å². The molecule has 4 heteroatoms. The van der Waals surface area contributed by atoms with Gasteiger partial charge >= 0.3 is 0 Å². The number of hydrogen-bond acceptors (Lipinski definition) is 3. The minimum Gasteiger partial charge on any atom is -0.488 e. The lowest BCUT2D eigenvalue weighted by atomic mass is 10.1. The fourth-order valence-electron chi connectivity index (χ4n) is 2.47. The van der Waals surface area contributed by atoms with Crippen LogP contribution in [0.4, 0.5) is 0 Å². The summed E-state index contributed by atoms with van der Waals surface area (Å²) in [7, 11) is 0. The molecule has 25 heavy (non-hydrogen) atoms. The smallest absolute Gasteiger partial charge is 0.162 e. The van der Waals surface area contributed by atoms with Crippen LogP contribution in [0.1, 0.15) is 5.56 Å². The monoisotopic (exact) mass is 353 g/mol. The fourth-order valence-corrected chi connectivity index (χ4v) is 2.59. The van der Waals surface area contributed by atoms with E-state index in [2.05, 4.69) is 0 Å². The molecule has 2 N–H and O–H groups in total. The molecule has 3 aromatic carbocycles. The Labute approximate surface area is 153 Å². The molecular weight excluding hydrogens is 334 g/mol. The number of hydrogen-bond donors (Lipinski definition) is 1. The Hall–Kier alpha value is -2.49. The third-order valence-corrected chi connectivity index (χ3v) is 3.99. The van der Waals surface area contributed by atoms with Gasteiger partial charge in [-0.2, -0.15) is 0 Å². The molecule has 0 fully saturated rings. The minimum atomic E-state index is 0.446. The number of halogens is 1. The lowest BCUT2D eigenvalue weighted by molar-refractivity contribution is 0.266. The second-order valence-corrected chi connectivity index (χ2v) is 6.02. The predicted molar refractivity (Wildman–Crippen MR) is 102 cm³/mol. The van der Waals surface area contributed by atoms with Crippen molar-refractivity contribution in [2.75, 3.05) is 13.2 Å².